The third kappa shape index (κ3) is 4.41. The summed E-state index contributed by atoms with van der Waals surface area (Å²) in [5, 5.41) is 0. The van der Waals surface area contributed by atoms with Crippen LogP contribution in [0.25, 0.3) is 0 Å². The van der Waals surface area contributed by atoms with E-state index < -0.39 is 0 Å². The van der Waals surface area contributed by atoms with E-state index in [9.17, 15) is 0 Å². The van der Waals surface area contributed by atoms with E-state index >= 15 is 0 Å². The summed E-state index contributed by atoms with van der Waals surface area (Å²) in [5.41, 5.74) is 1.01. The van der Waals surface area contributed by atoms with Gasteiger partial charge in [0, 0.05) is 6.42 Å². The molecular weight excluding hydrogens is 216 g/mol. The average Bonchev–Trinajstić information content (AvgIpc) is 2.43. The average molecular weight is 240 g/mol. The van der Waals surface area contributed by atoms with E-state index in [0.717, 1.165) is 6.42 Å². The molecule has 1 atom stereocenters. The molecule has 0 aliphatic rings. The van der Waals surface area contributed by atoms with Gasteiger partial charge in [-0.3, -0.25) is 0 Å². The van der Waals surface area contributed by atoms with Gasteiger partial charge in [-0.1, -0.05) is 68.5 Å². The molecule has 0 saturated heterocycles. The highest BCUT2D eigenvalue weighted by Gasteiger charge is 2.18. The molecule has 1 aromatic rings. The summed E-state index contributed by atoms with van der Waals surface area (Å²) in [5.74, 6) is 6.68. The lowest BCUT2D eigenvalue weighted by atomic mass is 9.83. The summed E-state index contributed by atoms with van der Waals surface area (Å²) in [6.45, 7) is 8.30. The van der Waals surface area contributed by atoms with Gasteiger partial charge in [-0.25, -0.2) is 0 Å². The third-order valence-electron chi connectivity index (χ3n) is 3.29. The Morgan fingerprint density at radius 3 is 2.50 bits per heavy atom. The fourth-order valence-electron chi connectivity index (χ4n) is 1.91. The molecule has 0 heterocycles. The minimum absolute atomic E-state index is 0.216. The van der Waals surface area contributed by atoms with Crippen molar-refractivity contribution < 1.29 is 0 Å². The standard InChI is InChI=1S/C18H24/c1-4-6-7-8-9-13-16-18(3,5-2)17-14-11-10-12-15-17/h5,10-12,14-15H,2,4,6-9H2,1,3H3/t18-/m0/s1. The number of benzene rings is 1. The van der Waals surface area contributed by atoms with Crippen LogP contribution in [0.2, 0.25) is 0 Å². The van der Waals surface area contributed by atoms with E-state index in [1.54, 1.807) is 0 Å². The Hall–Kier alpha value is -1.48. The predicted octanol–water partition coefficient (Wildman–Crippen LogP) is 5.10. The molecule has 0 bridgehead atoms. The molecule has 0 fully saturated rings. The minimum Gasteiger partial charge on any atom is -0.102 e. The van der Waals surface area contributed by atoms with Gasteiger partial charge >= 0.3 is 0 Å². The minimum atomic E-state index is -0.216. The lowest BCUT2D eigenvalue weighted by Gasteiger charge is -2.19. The summed E-state index contributed by atoms with van der Waals surface area (Å²) < 4.78 is 0. The fraction of sp³-hybridized carbons (Fsp3) is 0.444. The largest absolute Gasteiger partial charge is 0.102 e. The maximum Gasteiger partial charge on any atom is 0.0712 e. The zero-order valence-corrected chi connectivity index (χ0v) is 11.7. The first-order chi connectivity index (χ1) is 8.73. The van der Waals surface area contributed by atoms with Crippen molar-refractivity contribution >= 4 is 0 Å². The quantitative estimate of drug-likeness (QED) is 0.368. The maximum absolute atomic E-state index is 3.93. The summed E-state index contributed by atoms with van der Waals surface area (Å²) in [6.07, 6.45) is 8.04. The zero-order chi connectivity index (χ0) is 13.3. The zero-order valence-electron chi connectivity index (χ0n) is 11.7. The second-order valence-electron chi connectivity index (χ2n) is 4.88. The highest BCUT2D eigenvalue weighted by Crippen LogP contribution is 2.23. The van der Waals surface area contributed by atoms with Crippen molar-refractivity contribution in [2.45, 2.75) is 51.4 Å². The van der Waals surface area contributed by atoms with E-state index in [1.807, 2.05) is 12.1 Å². The Morgan fingerprint density at radius 2 is 1.89 bits per heavy atom. The number of hydrogen-bond acceptors (Lipinski definition) is 0. The normalized spacial score (nSPS) is 13.2. The molecule has 96 valence electrons. The second-order valence-corrected chi connectivity index (χ2v) is 4.88. The first-order valence-electron chi connectivity index (χ1n) is 6.92. The number of allylic oxidation sites excluding steroid dienone is 1. The molecule has 0 spiro atoms. The van der Waals surface area contributed by atoms with Gasteiger partial charge in [0.2, 0.25) is 0 Å². The Labute approximate surface area is 112 Å². The predicted molar refractivity (Wildman–Crippen MR) is 80.5 cm³/mol. The molecule has 1 aromatic carbocycles. The molecule has 0 heteroatoms. The van der Waals surface area contributed by atoms with Gasteiger partial charge in [0.05, 0.1) is 5.41 Å². The SMILES string of the molecule is C=C[C@@](C)(C#CCCCCCC)c1ccccc1. The van der Waals surface area contributed by atoms with Crippen LogP contribution in [-0.4, -0.2) is 0 Å². The van der Waals surface area contributed by atoms with Crippen LogP contribution in [0.1, 0.15) is 51.5 Å². The number of unbranched alkanes of at least 4 members (excludes halogenated alkanes) is 4. The Morgan fingerprint density at radius 1 is 1.17 bits per heavy atom. The van der Waals surface area contributed by atoms with Crippen LogP contribution in [0.5, 0.6) is 0 Å². The van der Waals surface area contributed by atoms with Gasteiger partial charge < -0.3 is 0 Å². The van der Waals surface area contributed by atoms with Gasteiger partial charge in [0.1, 0.15) is 0 Å². The second kappa shape index (κ2) is 7.77. The van der Waals surface area contributed by atoms with Crippen LogP contribution < -0.4 is 0 Å². The van der Waals surface area contributed by atoms with Crippen molar-refractivity contribution in [1.82, 2.24) is 0 Å². The molecule has 0 nitrogen and oxygen atoms in total. The van der Waals surface area contributed by atoms with Crippen molar-refractivity contribution in [1.29, 1.82) is 0 Å². The van der Waals surface area contributed by atoms with E-state index in [0.29, 0.717) is 0 Å². The molecule has 0 aliphatic heterocycles. The number of rotatable bonds is 6. The van der Waals surface area contributed by atoms with Gasteiger partial charge in [-0.05, 0) is 18.9 Å². The molecule has 0 N–H and O–H groups in total. The van der Waals surface area contributed by atoms with Gasteiger partial charge in [0.25, 0.3) is 0 Å². The first kappa shape index (κ1) is 14.6. The van der Waals surface area contributed by atoms with E-state index in [4.69, 9.17) is 0 Å². The highest BCUT2D eigenvalue weighted by atomic mass is 14.2. The molecule has 1 rings (SSSR count). The highest BCUT2D eigenvalue weighted by molar-refractivity contribution is 5.39. The van der Waals surface area contributed by atoms with Crippen molar-refractivity contribution in [3.8, 4) is 11.8 Å². The van der Waals surface area contributed by atoms with Crippen LogP contribution in [-0.2, 0) is 5.41 Å². The number of hydrogen-bond donors (Lipinski definition) is 0. The topological polar surface area (TPSA) is 0 Å². The monoisotopic (exact) mass is 240 g/mol. The molecule has 0 aliphatic carbocycles. The van der Waals surface area contributed by atoms with E-state index in [-0.39, 0.29) is 5.41 Å². The van der Waals surface area contributed by atoms with Gasteiger partial charge in [-0.15, -0.1) is 12.5 Å². The Balaban J connectivity index is 2.61. The Bertz CT molecular complexity index is 405. The van der Waals surface area contributed by atoms with Crippen LogP contribution in [0.3, 0.4) is 0 Å². The van der Waals surface area contributed by atoms with Gasteiger partial charge in [-0.2, -0.15) is 0 Å². The first-order valence-corrected chi connectivity index (χ1v) is 6.92. The lowest BCUT2D eigenvalue weighted by Crippen LogP contribution is -2.15. The molecule has 0 saturated carbocycles. The molecule has 0 unspecified atom stereocenters. The van der Waals surface area contributed by atoms with Crippen LogP contribution in [0.4, 0.5) is 0 Å². The molecule has 18 heavy (non-hydrogen) atoms. The Kier molecular flexibility index (Phi) is 6.29. The third-order valence-corrected chi connectivity index (χ3v) is 3.29. The smallest absolute Gasteiger partial charge is 0.0712 e. The van der Waals surface area contributed by atoms with Crippen LogP contribution in [0, 0.1) is 11.8 Å². The maximum atomic E-state index is 3.93. The van der Waals surface area contributed by atoms with E-state index in [2.05, 4.69) is 56.5 Å². The van der Waals surface area contributed by atoms with Crippen molar-refractivity contribution in [2.24, 2.45) is 0 Å². The van der Waals surface area contributed by atoms with Crippen molar-refractivity contribution in [2.75, 3.05) is 0 Å². The molecular formula is C18H24. The van der Waals surface area contributed by atoms with Crippen LogP contribution in [0.15, 0.2) is 43.0 Å². The van der Waals surface area contributed by atoms with Crippen LogP contribution >= 0.6 is 0 Å². The van der Waals surface area contributed by atoms with Gasteiger partial charge in [0.15, 0.2) is 0 Å². The fourth-order valence-corrected chi connectivity index (χ4v) is 1.91. The molecule has 0 radical (unpaired) electrons. The summed E-state index contributed by atoms with van der Waals surface area (Å²) in [4.78, 5) is 0. The van der Waals surface area contributed by atoms with E-state index in [1.165, 1.54) is 31.2 Å². The lowest BCUT2D eigenvalue weighted by molar-refractivity contribution is 0.678. The molecule has 0 amide bonds. The summed E-state index contributed by atoms with van der Waals surface area (Å²) in [6, 6.07) is 10.4. The summed E-state index contributed by atoms with van der Waals surface area (Å²) in [7, 11) is 0. The van der Waals surface area contributed by atoms with Crippen molar-refractivity contribution in [3.05, 3.63) is 48.6 Å². The molecule has 0 aromatic heterocycles. The van der Waals surface area contributed by atoms with Crippen molar-refractivity contribution in [3.63, 3.8) is 0 Å². The summed E-state index contributed by atoms with van der Waals surface area (Å²) >= 11 is 0.